The van der Waals surface area contributed by atoms with E-state index in [1.54, 1.807) is 18.2 Å². The van der Waals surface area contributed by atoms with E-state index in [-0.39, 0.29) is 11.8 Å². The number of carbonyl (C=O) groups excluding carboxylic acids is 2. The Labute approximate surface area is 189 Å². The lowest BCUT2D eigenvalue weighted by Gasteiger charge is -2.26. The number of hydrogen-bond donors (Lipinski definition) is 1. The predicted molar refractivity (Wildman–Crippen MR) is 124 cm³/mol. The average Bonchev–Trinajstić information content (AvgIpc) is 2.83. The van der Waals surface area contributed by atoms with E-state index < -0.39 is 0 Å². The molecule has 7 heteroatoms. The van der Waals surface area contributed by atoms with Crippen LogP contribution in [0.4, 0.5) is 5.69 Å². The van der Waals surface area contributed by atoms with E-state index in [1.807, 2.05) is 43.0 Å². The number of anilines is 1. The minimum absolute atomic E-state index is 0.0927. The Morgan fingerprint density at radius 3 is 2.25 bits per heavy atom. The summed E-state index contributed by atoms with van der Waals surface area (Å²) < 4.78 is 16.8. The number of nitrogens with zero attached hydrogens (tertiary/aromatic N) is 1. The second-order valence-corrected chi connectivity index (χ2v) is 7.68. The van der Waals surface area contributed by atoms with Gasteiger partial charge in [-0.3, -0.25) is 9.59 Å². The monoisotopic (exact) mass is 440 g/mol. The number of carbonyl (C=O) groups is 2. The summed E-state index contributed by atoms with van der Waals surface area (Å²) in [6, 6.07) is 12.6. The summed E-state index contributed by atoms with van der Waals surface area (Å²) in [5, 5.41) is 2.90. The van der Waals surface area contributed by atoms with Gasteiger partial charge in [0.2, 0.25) is 5.91 Å². The fourth-order valence-electron chi connectivity index (χ4n) is 3.31. The molecule has 1 heterocycles. The van der Waals surface area contributed by atoms with Crippen LogP contribution in [-0.4, -0.2) is 56.2 Å². The van der Waals surface area contributed by atoms with Crippen LogP contribution in [0.5, 0.6) is 11.5 Å². The van der Waals surface area contributed by atoms with Gasteiger partial charge in [-0.2, -0.15) is 0 Å². The largest absolute Gasteiger partial charge is 0.490 e. The highest BCUT2D eigenvalue weighted by atomic mass is 16.5. The van der Waals surface area contributed by atoms with Gasteiger partial charge in [-0.1, -0.05) is 26.0 Å². The number of amides is 2. The van der Waals surface area contributed by atoms with E-state index in [1.165, 1.54) is 0 Å². The number of hydrogen-bond acceptors (Lipinski definition) is 5. The molecule has 32 heavy (non-hydrogen) atoms. The SMILES string of the molecule is CCCOc1ccc(C(=O)Nc2ccc(CC(=O)N3CCOCC3)cc2)cc1OCCC. The summed E-state index contributed by atoms with van der Waals surface area (Å²) in [5.41, 5.74) is 2.07. The van der Waals surface area contributed by atoms with E-state index in [2.05, 4.69) is 5.32 Å². The van der Waals surface area contributed by atoms with E-state index in [9.17, 15) is 9.59 Å². The lowest BCUT2D eigenvalue weighted by atomic mass is 10.1. The van der Waals surface area contributed by atoms with Crippen molar-refractivity contribution in [2.24, 2.45) is 0 Å². The minimum Gasteiger partial charge on any atom is -0.490 e. The summed E-state index contributed by atoms with van der Waals surface area (Å²) in [4.78, 5) is 27.0. The van der Waals surface area contributed by atoms with Gasteiger partial charge in [0.15, 0.2) is 11.5 Å². The lowest BCUT2D eigenvalue weighted by molar-refractivity contribution is -0.134. The van der Waals surface area contributed by atoms with Crippen LogP contribution in [0.3, 0.4) is 0 Å². The zero-order valence-corrected chi connectivity index (χ0v) is 18.9. The first-order valence-corrected chi connectivity index (χ1v) is 11.3. The Balaban J connectivity index is 1.61. The second kappa shape index (κ2) is 12.1. The molecule has 7 nitrogen and oxygen atoms in total. The van der Waals surface area contributed by atoms with Crippen molar-refractivity contribution in [3.05, 3.63) is 53.6 Å². The number of ether oxygens (including phenoxy) is 3. The first-order valence-electron chi connectivity index (χ1n) is 11.3. The topological polar surface area (TPSA) is 77.1 Å². The molecule has 0 aromatic heterocycles. The second-order valence-electron chi connectivity index (χ2n) is 7.68. The highest BCUT2D eigenvalue weighted by Crippen LogP contribution is 2.29. The van der Waals surface area contributed by atoms with Crippen molar-refractivity contribution in [2.45, 2.75) is 33.1 Å². The molecule has 172 valence electrons. The highest BCUT2D eigenvalue weighted by molar-refractivity contribution is 6.04. The molecule has 2 aromatic carbocycles. The van der Waals surface area contributed by atoms with Crippen molar-refractivity contribution >= 4 is 17.5 Å². The molecule has 1 N–H and O–H groups in total. The van der Waals surface area contributed by atoms with Gasteiger partial charge in [0.25, 0.3) is 5.91 Å². The molecule has 1 aliphatic rings. The number of rotatable bonds is 10. The molecule has 2 aromatic rings. The van der Waals surface area contributed by atoms with E-state index in [0.717, 1.165) is 18.4 Å². The van der Waals surface area contributed by atoms with Crippen LogP contribution >= 0.6 is 0 Å². The maximum Gasteiger partial charge on any atom is 0.255 e. The van der Waals surface area contributed by atoms with Crippen molar-refractivity contribution in [3.63, 3.8) is 0 Å². The van der Waals surface area contributed by atoms with Crippen LogP contribution < -0.4 is 14.8 Å². The summed E-state index contributed by atoms with van der Waals surface area (Å²) >= 11 is 0. The van der Waals surface area contributed by atoms with Gasteiger partial charge in [0.1, 0.15) is 0 Å². The molecular weight excluding hydrogens is 408 g/mol. The Morgan fingerprint density at radius 1 is 0.938 bits per heavy atom. The van der Waals surface area contributed by atoms with Crippen LogP contribution in [0.1, 0.15) is 42.6 Å². The molecule has 0 radical (unpaired) electrons. The van der Waals surface area contributed by atoms with Gasteiger partial charge in [-0.05, 0) is 48.7 Å². The number of morpholine rings is 1. The van der Waals surface area contributed by atoms with Crippen LogP contribution in [0.25, 0.3) is 0 Å². The molecule has 0 aliphatic carbocycles. The standard InChI is InChI=1S/C25H32N2O5/c1-3-13-31-22-10-7-20(18-23(22)32-14-4-2)25(29)26-21-8-5-19(6-9-21)17-24(28)27-11-15-30-16-12-27/h5-10,18H,3-4,11-17H2,1-2H3,(H,26,29). The molecule has 2 amide bonds. The fourth-order valence-corrected chi connectivity index (χ4v) is 3.31. The van der Waals surface area contributed by atoms with Crippen LogP contribution in [0.2, 0.25) is 0 Å². The van der Waals surface area contributed by atoms with Gasteiger partial charge >= 0.3 is 0 Å². The summed E-state index contributed by atoms with van der Waals surface area (Å²) in [6.07, 6.45) is 2.10. The van der Waals surface area contributed by atoms with E-state index >= 15 is 0 Å². The molecule has 1 fully saturated rings. The van der Waals surface area contributed by atoms with E-state index in [4.69, 9.17) is 14.2 Å². The molecular formula is C25H32N2O5. The normalized spacial score (nSPS) is 13.5. The number of benzene rings is 2. The maximum absolute atomic E-state index is 12.8. The third-order valence-corrected chi connectivity index (χ3v) is 5.06. The first-order chi connectivity index (χ1) is 15.6. The highest BCUT2D eigenvalue weighted by Gasteiger charge is 2.17. The Morgan fingerprint density at radius 2 is 1.59 bits per heavy atom. The molecule has 3 rings (SSSR count). The fraction of sp³-hybridized carbons (Fsp3) is 0.440. The predicted octanol–water partition coefficient (Wildman–Crippen LogP) is 3.92. The Kier molecular flexibility index (Phi) is 8.92. The summed E-state index contributed by atoms with van der Waals surface area (Å²) in [6.45, 7) is 7.67. The van der Waals surface area contributed by atoms with Crippen molar-refractivity contribution < 1.29 is 23.8 Å². The molecule has 1 aliphatic heterocycles. The van der Waals surface area contributed by atoms with Crippen molar-refractivity contribution in [3.8, 4) is 11.5 Å². The van der Waals surface area contributed by atoms with Crippen molar-refractivity contribution in [1.82, 2.24) is 4.90 Å². The minimum atomic E-state index is -0.231. The molecule has 0 atom stereocenters. The molecule has 0 spiro atoms. The van der Waals surface area contributed by atoms with Gasteiger partial charge in [0, 0.05) is 24.3 Å². The molecule has 0 bridgehead atoms. The van der Waals surface area contributed by atoms with Crippen LogP contribution in [0, 0.1) is 0 Å². The van der Waals surface area contributed by atoms with Crippen LogP contribution in [0.15, 0.2) is 42.5 Å². The molecule has 0 saturated carbocycles. The third-order valence-electron chi connectivity index (χ3n) is 5.06. The molecule has 1 saturated heterocycles. The van der Waals surface area contributed by atoms with Crippen LogP contribution in [-0.2, 0) is 16.0 Å². The van der Waals surface area contributed by atoms with Gasteiger partial charge in [0.05, 0.1) is 32.8 Å². The smallest absolute Gasteiger partial charge is 0.255 e. The zero-order valence-electron chi connectivity index (χ0n) is 18.9. The Bertz CT molecular complexity index is 892. The Hall–Kier alpha value is -3.06. The van der Waals surface area contributed by atoms with Gasteiger partial charge in [-0.15, -0.1) is 0 Å². The zero-order chi connectivity index (χ0) is 22.8. The van der Waals surface area contributed by atoms with E-state index in [0.29, 0.717) is 68.7 Å². The average molecular weight is 441 g/mol. The molecule has 0 unspecified atom stereocenters. The van der Waals surface area contributed by atoms with Crippen molar-refractivity contribution in [1.29, 1.82) is 0 Å². The summed E-state index contributed by atoms with van der Waals surface area (Å²) in [7, 11) is 0. The number of nitrogens with one attached hydrogen (secondary N) is 1. The van der Waals surface area contributed by atoms with Gasteiger partial charge in [-0.25, -0.2) is 0 Å². The lowest BCUT2D eigenvalue weighted by Crippen LogP contribution is -2.41. The summed E-state index contributed by atoms with van der Waals surface area (Å²) in [5.74, 6) is 1.08. The maximum atomic E-state index is 12.8. The quantitative estimate of drug-likeness (QED) is 0.606. The van der Waals surface area contributed by atoms with Crippen molar-refractivity contribution in [2.75, 3.05) is 44.8 Å². The third kappa shape index (κ3) is 6.72. The van der Waals surface area contributed by atoms with Gasteiger partial charge < -0.3 is 24.4 Å². The first kappa shape index (κ1) is 23.6.